The van der Waals surface area contributed by atoms with Gasteiger partial charge in [0.05, 0.1) is 28.6 Å². The van der Waals surface area contributed by atoms with Crippen LogP contribution in [0.5, 0.6) is 5.75 Å². The molecule has 0 amide bonds. The van der Waals surface area contributed by atoms with Crippen LogP contribution in [-0.4, -0.2) is 50.3 Å². The van der Waals surface area contributed by atoms with Crippen LogP contribution in [0.15, 0.2) is 53.4 Å². The lowest BCUT2D eigenvalue weighted by atomic mass is 9.89. The Hall–Kier alpha value is -3.43. The molecule has 0 saturated heterocycles. The minimum atomic E-state index is -3.78. The Bertz CT molecular complexity index is 1330. The van der Waals surface area contributed by atoms with Crippen molar-refractivity contribution in [3.8, 4) is 5.75 Å². The van der Waals surface area contributed by atoms with E-state index in [9.17, 15) is 18.0 Å². The zero-order chi connectivity index (χ0) is 23.6. The van der Waals surface area contributed by atoms with Gasteiger partial charge in [-0.3, -0.25) is 9.59 Å². The Morgan fingerprint density at radius 3 is 1.94 bits per heavy atom. The summed E-state index contributed by atoms with van der Waals surface area (Å²) in [6, 6.07) is 12.5. The summed E-state index contributed by atoms with van der Waals surface area (Å²) in [4.78, 5) is 34.6. The van der Waals surface area contributed by atoms with Crippen molar-refractivity contribution < 1.29 is 27.5 Å². The van der Waals surface area contributed by atoms with Crippen LogP contribution in [0.25, 0.3) is 0 Å². The van der Waals surface area contributed by atoms with Gasteiger partial charge < -0.3 is 9.47 Å². The Morgan fingerprint density at radius 2 is 1.39 bits per heavy atom. The van der Waals surface area contributed by atoms with Gasteiger partial charge in [0, 0.05) is 18.2 Å². The van der Waals surface area contributed by atoms with E-state index in [-0.39, 0.29) is 38.9 Å². The summed E-state index contributed by atoms with van der Waals surface area (Å²) >= 11 is 0. The van der Waals surface area contributed by atoms with Crippen LogP contribution < -0.4 is 4.74 Å². The largest absolute Gasteiger partial charge is 0.491 e. The minimum absolute atomic E-state index is 0.0331. The predicted octanol–water partition coefficient (Wildman–Crippen LogP) is 2.81. The van der Waals surface area contributed by atoms with E-state index in [1.54, 1.807) is 50.4 Å². The van der Waals surface area contributed by atoms with E-state index in [0.717, 1.165) is 0 Å². The fourth-order valence-corrected chi connectivity index (χ4v) is 4.91. The van der Waals surface area contributed by atoms with E-state index in [1.807, 2.05) is 0 Å². The summed E-state index contributed by atoms with van der Waals surface area (Å²) in [5.74, 6) is -0.743. The highest BCUT2D eigenvalue weighted by molar-refractivity contribution is 7.90. The molecule has 170 valence electrons. The van der Waals surface area contributed by atoms with Gasteiger partial charge in [-0.15, -0.1) is 0 Å². The summed E-state index contributed by atoms with van der Waals surface area (Å²) in [6.07, 6.45) is 0.362. The lowest BCUT2D eigenvalue weighted by molar-refractivity contribution is 0.0971. The molecule has 0 N–H and O–H groups in total. The zero-order valence-corrected chi connectivity index (χ0v) is 19.0. The third kappa shape index (κ3) is 4.42. The number of rotatable bonds is 8. The third-order valence-electron chi connectivity index (χ3n) is 5.30. The molecule has 1 aliphatic carbocycles. The number of benzene rings is 2. The number of hydrogen-bond acceptors (Lipinski definition) is 8. The van der Waals surface area contributed by atoms with E-state index in [1.165, 1.54) is 12.1 Å². The number of carbonyl (C=O) groups excluding carboxylic acids is 2. The fourth-order valence-electron chi connectivity index (χ4n) is 3.60. The quantitative estimate of drug-likeness (QED) is 0.364. The van der Waals surface area contributed by atoms with Crippen LogP contribution in [0.4, 0.5) is 0 Å². The summed E-state index contributed by atoms with van der Waals surface area (Å²) in [5.41, 5.74) is 0.915. The van der Waals surface area contributed by atoms with Crippen molar-refractivity contribution in [3.63, 3.8) is 0 Å². The number of carbonyl (C=O) groups is 2. The van der Waals surface area contributed by atoms with Crippen LogP contribution in [0.3, 0.4) is 0 Å². The van der Waals surface area contributed by atoms with Crippen LogP contribution in [0, 0.1) is 0 Å². The van der Waals surface area contributed by atoms with Crippen molar-refractivity contribution >= 4 is 21.4 Å². The van der Waals surface area contributed by atoms with E-state index >= 15 is 0 Å². The molecule has 0 fully saturated rings. The summed E-state index contributed by atoms with van der Waals surface area (Å²) < 4.78 is 36.5. The Labute approximate surface area is 191 Å². The number of hydrogen-bond donors (Lipinski definition) is 0. The molecular formula is C24H22N2O6S. The topological polar surface area (TPSA) is 113 Å². The highest BCUT2D eigenvalue weighted by Crippen LogP contribution is 2.27. The lowest BCUT2D eigenvalue weighted by Crippen LogP contribution is -2.26. The van der Waals surface area contributed by atoms with Gasteiger partial charge in [-0.05, 0) is 30.7 Å². The van der Waals surface area contributed by atoms with Crippen LogP contribution in [0.1, 0.15) is 50.4 Å². The van der Waals surface area contributed by atoms with Gasteiger partial charge in [0.1, 0.15) is 23.7 Å². The lowest BCUT2D eigenvalue weighted by Gasteiger charge is -2.18. The van der Waals surface area contributed by atoms with E-state index < -0.39 is 21.4 Å². The van der Waals surface area contributed by atoms with Gasteiger partial charge >= 0.3 is 0 Å². The number of methoxy groups -OCH3 is 1. The molecular weight excluding hydrogens is 444 g/mol. The summed E-state index contributed by atoms with van der Waals surface area (Å²) in [6.45, 7) is 2.56. The van der Waals surface area contributed by atoms with Gasteiger partial charge in [-0.1, -0.05) is 31.2 Å². The fraction of sp³-hybridized carbons (Fsp3) is 0.250. The van der Waals surface area contributed by atoms with E-state index in [4.69, 9.17) is 9.47 Å². The number of ketones is 2. The zero-order valence-electron chi connectivity index (χ0n) is 18.2. The van der Waals surface area contributed by atoms with Crippen LogP contribution in [0.2, 0.25) is 0 Å². The van der Waals surface area contributed by atoms with Crippen molar-refractivity contribution in [1.82, 2.24) is 9.97 Å². The second kappa shape index (κ2) is 9.21. The molecule has 33 heavy (non-hydrogen) atoms. The first-order valence-corrected chi connectivity index (χ1v) is 12.0. The monoisotopic (exact) mass is 466 g/mol. The maximum atomic E-state index is 13.1. The molecule has 3 aromatic rings. The Morgan fingerprint density at radius 1 is 0.818 bits per heavy atom. The van der Waals surface area contributed by atoms with Gasteiger partial charge in [0.2, 0.25) is 11.6 Å². The second-order valence-electron chi connectivity index (χ2n) is 7.44. The number of fused-ring (bicyclic) bond motifs is 2. The molecule has 1 aromatic heterocycles. The highest BCUT2D eigenvalue weighted by Gasteiger charge is 2.33. The molecule has 1 aliphatic rings. The van der Waals surface area contributed by atoms with Gasteiger partial charge in [-0.25, -0.2) is 18.4 Å². The molecule has 0 aliphatic heterocycles. The average Bonchev–Trinajstić information content (AvgIpc) is 2.82. The van der Waals surface area contributed by atoms with Crippen LogP contribution in [-0.2, 0) is 26.7 Å². The molecule has 0 saturated carbocycles. The molecule has 2 aromatic carbocycles. The van der Waals surface area contributed by atoms with E-state index in [2.05, 4.69) is 9.97 Å². The smallest absolute Gasteiger partial charge is 0.214 e. The maximum absolute atomic E-state index is 13.1. The van der Waals surface area contributed by atoms with Gasteiger partial charge in [-0.2, -0.15) is 0 Å². The molecule has 0 radical (unpaired) electrons. The van der Waals surface area contributed by atoms with Gasteiger partial charge in [0.25, 0.3) is 0 Å². The molecule has 8 nitrogen and oxygen atoms in total. The first-order valence-electron chi connectivity index (χ1n) is 10.4. The number of aryl methyl sites for hydroxylation is 1. The number of nitrogens with zero attached hydrogens (tertiary/aromatic N) is 2. The van der Waals surface area contributed by atoms with E-state index in [0.29, 0.717) is 31.1 Å². The SMILES string of the molecule is CCc1nc2c(nc1CS(=O)(=O)c1ccc(OCCOC)cc1)C(=O)c1ccccc1C2=O. The van der Waals surface area contributed by atoms with Gasteiger partial charge in [0.15, 0.2) is 9.84 Å². The predicted molar refractivity (Wildman–Crippen MR) is 119 cm³/mol. The minimum Gasteiger partial charge on any atom is -0.491 e. The molecule has 0 bridgehead atoms. The number of aromatic nitrogens is 2. The van der Waals surface area contributed by atoms with Crippen molar-refractivity contribution in [2.24, 2.45) is 0 Å². The van der Waals surface area contributed by atoms with Crippen LogP contribution >= 0.6 is 0 Å². The first-order chi connectivity index (χ1) is 15.9. The third-order valence-corrected chi connectivity index (χ3v) is 6.94. The van der Waals surface area contributed by atoms with Crippen molar-refractivity contribution in [2.75, 3.05) is 20.3 Å². The number of sulfone groups is 1. The normalized spacial score (nSPS) is 12.9. The Balaban J connectivity index is 1.66. The van der Waals surface area contributed by atoms with Crippen molar-refractivity contribution in [1.29, 1.82) is 0 Å². The molecule has 1 heterocycles. The molecule has 9 heteroatoms. The van der Waals surface area contributed by atoms with Crippen molar-refractivity contribution in [2.45, 2.75) is 24.0 Å². The molecule has 4 rings (SSSR count). The number of ether oxygens (including phenoxy) is 2. The summed E-state index contributed by atoms with van der Waals surface area (Å²) in [5, 5.41) is 0. The maximum Gasteiger partial charge on any atom is 0.214 e. The Kier molecular flexibility index (Phi) is 6.35. The summed E-state index contributed by atoms with van der Waals surface area (Å²) in [7, 11) is -2.22. The van der Waals surface area contributed by atoms with Crippen molar-refractivity contribution in [3.05, 3.63) is 82.4 Å². The average molecular weight is 467 g/mol. The molecule has 0 atom stereocenters. The molecule has 0 unspecified atom stereocenters. The standard InChI is InChI=1S/C24H22N2O6S/c1-3-19-20(14-33(29,30)16-10-8-15(9-11-16)32-13-12-31-2)26-22-21(25-19)23(27)17-6-4-5-7-18(17)24(22)28/h4-11H,3,12-14H2,1-2H3. The second-order valence-corrected chi connectivity index (χ2v) is 9.43. The first kappa shape index (κ1) is 22.8. The highest BCUT2D eigenvalue weighted by atomic mass is 32.2. The molecule has 0 spiro atoms.